The summed E-state index contributed by atoms with van der Waals surface area (Å²) in [5.41, 5.74) is 8.07. The van der Waals surface area contributed by atoms with Crippen LogP contribution >= 0.6 is 0 Å². The molecule has 234 valence electrons. The van der Waals surface area contributed by atoms with Crippen LogP contribution in [-0.2, 0) is 6.42 Å². The molecule has 3 heteroatoms. The second-order valence-electron chi connectivity index (χ2n) is 13.2. The van der Waals surface area contributed by atoms with Crippen molar-refractivity contribution in [3.63, 3.8) is 0 Å². The average Bonchev–Trinajstić information content (AvgIpc) is 2.92. The Labute approximate surface area is 250 Å². The topological polar surface area (TPSA) is 63.3 Å². The van der Waals surface area contributed by atoms with Crippen LogP contribution in [0.4, 0.5) is 0 Å². The summed E-state index contributed by atoms with van der Waals surface area (Å²) in [4.78, 5) is 10.8. The van der Waals surface area contributed by atoms with E-state index in [2.05, 4.69) is 34.6 Å². The standard InChI is InChI=1S/C19H30O2.C18H39N/c1-2-3-4-5-6-7-8-9-10-11-12-17-13-15-18(16-14-17)19(20)21;1-5-6-7-8-9-10-11-12-13-14-15-16-17(19)18(2,3)4/h13-16H,2-12H2,1H3,(H,20,21);17H,5-16,19H2,1-4H3. The van der Waals surface area contributed by atoms with Gasteiger partial charge in [0.1, 0.15) is 0 Å². The van der Waals surface area contributed by atoms with E-state index in [0.717, 1.165) is 6.42 Å². The maximum atomic E-state index is 10.8. The lowest BCUT2D eigenvalue weighted by molar-refractivity contribution is 0.0697. The second kappa shape index (κ2) is 26.5. The summed E-state index contributed by atoms with van der Waals surface area (Å²) in [6.45, 7) is 11.3. The minimum Gasteiger partial charge on any atom is -0.478 e. The van der Waals surface area contributed by atoms with Gasteiger partial charge in [0.15, 0.2) is 0 Å². The highest BCUT2D eigenvalue weighted by atomic mass is 16.4. The highest BCUT2D eigenvalue weighted by Gasteiger charge is 2.19. The van der Waals surface area contributed by atoms with Crippen molar-refractivity contribution in [2.24, 2.45) is 11.1 Å². The van der Waals surface area contributed by atoms with Gasteiger partial charge in [-0.15, -0.1) is 0 Å². The molecule has 1 rings (SSSR count). The van der Waals surface area contributed by atoms with Crippen molar-refractivity contribution in [2.75, 3.05) is 0 Å². The number of nitrogens with two attached hydrogens (primary N) is 1. The summed E-state index contributed by atoms with van der Waals surface area (Å²) >= 11 is 0. The highest BCUT2D eigenvalue weighted by molar-refractivity contribution is 5.87. The molecule has 0 aliphatic rings. The SMILES string of the molecule is CCCCCCCCCCCCCC(N)C(C)(C)C.CCCCCCCCCCCCc1ccc(C(=O)O)cc1. The molecule has 40 heavy (non-hydrogen) atoms. The number of aryl methyl sites for hydroxylation is 1. The van der Waals surface area contributed by atoms with E-state index in [1.165, 1.54) is 147 Å². The number of hydrogen-bond donors (Lipinski definition) is 2. The molecule has 0 aromatic heterocycles. The first-order valence-electron chi connectivity index (χ1n) is 17.3. The normalized spacial score (nSPS) is 12.2. The van der Waals surface area contributed by atoms with Crippen molar-refractivity contribution in [3.05, 3.63) is 35.4 Å². The van der Waals surface area contributed by atoms with Crippen LogP contribution in [0.1, 0.15) is 192 Å². The number of carboxylic acid groups (broad SMARTS) is 1. The number of hydrogen-bond acceptors (Lipinski definition) is 2. The Morgan fingerprint density at radius 3 is 1.32 bits per heavy atom. The van der Waals surface area contributed by atoms with Crippen LogP contribution < -0.4 is 5.73 Å². The third-order valence-electron chi connectivity index (χ3n) is 8.25. The van der Waals surface area contributed by atoms with E-state index in [4.69, 9.17) is 10.8 Å². The first-order valence-corrected chi connectivity index (χ1v) is 17.3. The van der Waals surface area contributed by atoms with E-state index in [0.29, 0.717) is 11.6 Å². The Hall–Kier alpha value is -1.35. The van der Waals surface area contributed by atoms with Crippen LogP contribution in [0.15, 0.2) is 24.3 Å². The molecule has 0 spiro atoms. The van der Waals surface area contributed by atoms with E-state index in [1.54, 1.807) is 12.1 Å². The molecule has 1 atom stereocenters. The molecule has 0 aliphatic carbocycles. The zero-order valence-corrected chi connectivity index (χ0v) is 27.6. The summed E-state index contributed by atoms with van der Waals surface area (Å²) in [5, 5.41) is 8.84. The lowest BCUT2D eigenvalue weighted by atomic mass is 9.84. The van der Waals surface area contributed by atoms with Crippen molar-refractivity contribution in [1.82, 2.24) is 0 Å². The van der Waals surface area contributed by atoms with Gasteiger partial charge in [0.05, 0.1) is 5.56 Å². The van der Waals surface area contributed by atoms with Gasteiger partial charge in [-0.05, 0) is 42.4 Å². The summed E-state index contributed by atoms with van der Waals surface area (Å²) in [6.07, 6.45) is 31.3. The highest BCUT2D eigenvalue weighted by Crippen LogP contribution is 2.22. The molecule has 3 nitrogen and oxygen atoms in total. The van der Waals surface area contributed by atoms with Crippen molar-refractivity contribution in [3.8, 4) is 0 Å². The Balaban J connectivity index is 0.000000765. The van der Waals surface area contributed by atoms with Gasteiger partial charge in [-0.2, -0.15) is 0 Å². The maximum Gasteiger partial charge on any atom is 0.335 e. The molecule has 1 unspecified atom stereocenters. The van der Waals surface area contributed by atoms with Gasteiger partial charge in [0, 0.05) is 6.04 Å². The molecule has 0 saturated heterocycles. The van der Waals surface area contributed by atoms with Gasteiger partial charge in [-0.1, -0.05) is 175 Å². The van der Waals surface area contributed by atoms with Gasteiger partial charge >= 0.3 is 5.97 Å². The predicted octanol–water partition coefficient (Wildman–Crippen LogP) is 11.9. The fraction of sp³-hybridized carbons (Fsp3) is 0.811. The molecule has 0 fully saturated rings. The number of rotatable bonds is 24. The van der Waals surface area contributed by atoms with Crippen molar-refractivity contribution in [2.45, 2.75) is 188 Å². The molecule has 0 saturated carbocycles. The van der Waals surface area contributed by atoms with Gasteiger partial charge < -0.3 is 10.8 Å². The second-order valence-corrected chi connectivity index (χ2v) is 13.2. The van der Waals surface area contributed by atoms with E-state index in [1.807, 2.05) is 12.1 Å². The lowest BCUT2D eigenvalue weighted by Gasteiger charge is -2.26. The van der Waals surface area contributed by atoms with Crippen molar-refractivity contribution < 1.29 is 9.90 Å². The van der Waals surface area contributed by atoms with Gasteiger partial charge in [0.2, 0.25) is 0 Å². The van der Waals surface area contributed by atoms with E-state index < -0.39 is 5.97 Å². The summed E-state index contributed by atoms with van der Waals surface area (Å²) in [6, 6.07) is 7.65. The molecular formula is C37H69NO2. The first kappa shape index (κ1) is 38.6. The molecule has 0 heterocycles. The van der Waals surface area contributed by atoms with Crippen LogP contribution in [0.25, 0.3) is 0 Å². The van der Waals surface area contributed by atoms with Crippen LogP contribution in [0, 0.1) is 5.41 Å². The quantitative estimate of drug-likeness (QED) is 0.124. The Kier molecular flexibility index (Phi) is 25.6. The maximum absolute atomic E-state index is 10.8. The first-order chi connectivity index (χ1) is 19.2. The minimum atomic E-state index is -0.847. The molecular weight excluding hydrogens is 490 g/mol. The molecule has 0 radical (unpaired) electrons. The zero-order valence-electron chi connectivity index (χ0n) is 27.6. The zero-order chi connectivity index (χ0) is 29.9. The number of benzene rings is 1. The van der Waals surface area contributed by atoms with E-state index in [-0.39, 0.29) is 5.41 Å². The Bertz CT molecular complexity index is 676. The van der Waals surface area contributed by atoms with Gasteiger partial charge in [-0.3, -0.25) is 0 Å². The number of aromatic carboxylic acids is 1. The average molecular weight is 560 g/mol. The molecule has 0 aliphatic heterocycles. The summed E-state index contributed by atoms with van der Waals surface area (Å²) in [7, 11) is 0. The van der Waals surface area contributed by atoms with Crippen LogP contribution in [-0.4, -0.2) is 17.1 Å². The fourth-order valence-corrected chi connectivity index (χ4v) is 5.09. The van der Waals surface area contributed by atoms with Crippen LogP contribution in [0.5, 0.6) is 0 Å². The molecule has 0 bridgehead atoms. The monoisotopic (exact) mass is 560 g/mol. The van der Waals surface area contributed by atoms with Crippen LogP contribution in [0.2, 0.25) is 0 Å². The number of carbonyl (C=O) groups is 1. The third kappa shape index (κ3) is 24.4. The molecule has 3 N–H and O–H groups in total. The van der Waals surface area contributed by atoms with E-state index >= 15 is 0 Å². The predicted molar refractivity (Wildman–Crippen MR) is 177 cm³/mol. The molecule has 1 aromatic rings. The van der Waals surface area contributed by atoms with Gasteiger partial charge in [-0.25, -0.2) is 4.79 Å². The summed E-state index contributed by atoms with van der Waals surface area (Å²) in [5.74, 6) is -0.847. The Morgan fingerprint density at radius 2 is 0.975 bits per heavy atom. The molecule has 1 aromatic carbocycles. The number of unbranched alkanes of at least 4 members (excludes halogenated alkanes) is 19. The van der Waals surface area contributed by atoms with Gasteiger partial charge in [0.25, 0.3) is 0 Å². The Morgan fingerprint density at radius 1 is 0.625 bits per heavy atom. The fourth-order valence-electron chi connectivity index (χ4n) is 5.09. The molecule has 0 amide bonds. The van der Waals surface area contributed by atoms with Crippen molar-refractivity contribution >= 4 is 5.97 Å². The summed E-state index contributed by atoms with van der Waals surface area (Å²) < 4.78 is 0. The minimum absolute atomic E-state index is 0.276. The largest absolute Gasteiger partial charge is 0.478 e. The number of carboxylic acids is 1. The van der Waals surface area contributed by atoms with Crippen LogP contribution in [0.3, 0.4) is 0 Å². The van der Waals surface area contributed by atoms with Crippen molar-refractivity contribution in [1.29, 1.82) is 0 Å². The smallest absolute Gasteiger partial charge is 0.335 e. The third-order valence-corrected chi connectivity index (χ3v) is 8.25. The lowest BCUT2D eigenvalue weighted by Crippen LogP contribution is -2.34. The van der Waals surface area contributed by atoms with E-state index in [9.17, 15) is 4.79 Å².